The average molecular weight is 267 g/mol. The zero-order valence-corrected chi connectivity index (χ0v) is 13.0. The summed E-state index contributed by atoms with van der Waals surface area (Å²) in [7, 11) is 0. The van der Waals surface area contributed by atoms with Crippen LogP contribution in [0, 0.1) is 0 Å². The average Bonchev–Trinajstić information content (AvgIpc) is 2.39. The lowest BCUT2D eigenvalue weighted by Crippen LogP contribution is -2.40. The summed E-state index contributed by atoms with van der Waals surface area (Å²) in [5, 5.41) is 9.12. The van der Waals surface area contributed by atoms with Crippen LogP contribution in [0.5, 0.6) is 0 Å². The van der Waals surface area contributed by atoms with Crippen molar-refractivity contribution in [2.24, 2.45) is 0 Å². The third kappa shape index (κ3) is 7.74. The minimum Gasteiger partial charge on any atom is -0.396 e. The van der Waals surface area contributed by atoms with Crippen LogP contribution < -0.4 is 0 Å². The molecule has 0 spiro atoms. The summed E-state index contributed by atoms with van der Waals surface area (Å²) < 4.78 is 0. The van der Waals surface area contributed by atoms with Crippen LogP contribution in [0.2, 0.25) is 0 Å². The van der Waals surface area contributed by atoms with Gasteiger partial charge in [-0.15, -0.1) is 0 Å². The molecule has 0 amide bonds. The molecule has 1 unspecified atom stereocenters. The number of unbranched alkanes of at least 4 members (excludes halogenated alkanes) is 4. The van der Waals surface area contributed by atoms with E-state index < -0.39 is 0 Å². The molecule has 0 aliphatic carbocycles. The first-order valence-corrected chi connectivity index (χ1v) is 8.22. The van der Waals surface area contributed by atoms with Gasteiger partial charge in [0, 0.05) is 12.6 Å². The largest absolute Gasteiger partial charge is 0.396 e. The van der Waals surface area contributed by atoms with Gasteiger partial charge < -0.3 is 10.0 Å². The Hall–Kier alpha value is -0.340. The highest BCUT2D eigenvalue weighted by Crippen LogP contribution is 2.20. The highest BCUT2D eigenvalue weighted by molar-refractivity contribution is 4.92. The zero-order valence-electron chi connectivity index (χ0n) is 13.0. The fraction of sp³-hybridized carbons (Fsp3) is 0.882. The number of likely N-dealkylation sites (tertiary alicyclic amines) is 1. The van der Waals surface area contributed by atoms with Gasteiger partial charge in [0.05, 0.1) is 0 Å². The molecule has 1 atom stereocenters. The first-order chi connectivity index (χ1) is 9.24. The molecule has 0 aromatic heterocycles. The molecule has 1 heterocycles. The third-order valence-electron chi connectivity index (χ3n) is 4.16. The summed E-state index contributed by atoms with van der Waals surface area (Å²) in [6, 6.07) is 0.657. The second-order valence-electron chi connectivity index (χ2n) is 6.18. The quantitative estimate of drug-likeness (QED) is 0.501. The van der Waals surface area contributed by atoms with Crippen LogP contribution in [-0.4, -0.2) is 35.7 Å². The van der Waals surface area contributed by atoms with Crippen LogP contribution in [0.15, 0.2) is 11.6 Å². The van der Waals surface area contributed by atoms with E-state index in [0.717, 1.165) is 6.42 Å². The molecule has 19 heavy (non-hydrogen) atoms. The fourth-order valence-electron chi connectivity index (χ4n) is 3.03. The number of hydrogen-bond acceptors (Lipinski definition) is 2. The molecule has 2 heteroatoms. The first-order valence-electron chi connectivity index (χ1n) is 8.22. The predicted molar refractivity (Wildman–Crippen MR) is 83.4 cm³/mol. The Labute approximate surface area is 119 Å². The maximum Gasteiger partial charge on any atom is 0.0445 e. The Balaban J connectivity index is 2.05. The Morgan fingerprint density at radius 2 is 1.95 bits per heavy atom. The molecule has 1 aliphatic heterocycles. The number of hydrogen-bond donors (Lipinski definition) is 1. The number of piperidine rings is 1. The molecule has 1 N–H and O–H groups in total. The highest BCUT2D eigenvalue weighted by Gasteiger charge is 2.20. The van der Waals surface area contributed by atoms with Crippen molar-refractivity contribution < 1.29 is 5.11 Å². The molecule has 0 bridgehead atoms. The Bertz CT molecular complexity index is 244. The van der Waals surface area contributed by atoms with E-state index in [9.17, 15) is 0 Å². The van der Waals surface area contributed by atoms with Crippen molar-refractivity contribution in [1.29, 1.82) is 0 Å². The number of allylic oxidation sites excluding steroid dienone is 2. The van der Waals surface area contributed by atoms with Gasteiger partial charge in [-0.05, 0) is 65.5 Å². The van der Waals surface area contributed by atoms with Crippen LogP contribution in [-0.2, 0) is 0 Å². The molecule has 0 radical (unpaired) electrons. The van der Waals surface area contributed by atoms with Crippen molar-refractivity contribution in [3.8, 4) is 0 Å². The number of rotatable bonds is 9. The third-order valence-corrected chi connectivity index (χ3v) is 4.16. The summed E-state index contributed by atoms with van der Waals surface area (Å²) in [4.78, 5) is 2.62. The summed E-state index contributed by atoms with van der Waals surface area (Å²) in [6.45, 7) is 7.20. The lowest BCUT2D eigenvalue weighted by molar-refractivity contribution is 0.117. The van der Waals surface area contributed by atoms with E-state index in [0.29, 0.717) is 12.6 Å². The molecular formula is C17H33NO. The molecule has 0 aromatic rings. The second kappa shape index (κ2) is 10.4. The van der Waals surface area contributed by atoms with Gasteiger partial charge in [0.15, 0.2) is 0 Å². The van der Waals surface area contributed by atoms with Crippen LogP contribution in [0.25, 0.3) is 0 Å². The molecular weight excluding hydrogens is 234 g/mol. The van der Waals surface area contributed by atoms with Crippen molar-refractivity contribution in [2.75, 3.05) is 19.7 Å². The first kappa shape index (κ1) is 16.7. The highest BCUT2D eigenvalue weighted by atomic mass is 16.3. The van der Waals surface area contributed by atoms with E-state index in [1.165, 1.54) is 70.0 Å². The van der Waals surface area contributed by atoms with Gasteiger partial charge >= 0.3 is 0 Å². The normalized spacial score (nSPS) is 20.5. The maximum atomic E-state index is 9.12. The van der Waals surface area contributed by atoms with Gasteiger partial charge in [-0.1, -0.05) is 30.9 Å². The molecule has 1 aliphatic rings. The maximum absolute atomic E-state index is 9.12. The Kier molecular flexibility index (Phi) is 9.19. The van der Waals surface area contributed by atoms with Gasteiger partial charge in [-0.3, -0.25) is 0 Å². The number of aliphatic hydroxyl groups excluding tert-OH is 1. The van der Waals surface area contributed by atoms with Crippen molar-refractivity contribution in [3.63, 3.8) is 0 Å². The summed E-state index contributed by atoms with van der Waals surface area (Å²) >= 11 is 0. The smallest absolute Gasteiger partial charge is 0.0445 e. The Morgan fingerprint density at radius 1 is 1.16 bits per heavy atom. The Morgan fingerprint density at radius 3 is 2.68 bits per heavy atom. The summed E-state index contributed by atoms with van der Waals surface area (Å²) in [6.07, 6.45) is 14.0. The van der Waals surface area contributed by atoms with Gasteiger partial charge in [-0.2, -0.15) is 0 Å². The minimum atomic E-state index is 0.351. The van der Waals surface area contributed by atoms with Crippen molar-refractivity contribution in [3.05, 3.63) is 11.6 Å². The van der Waals surface area contributed by atoms with Crippen molar-refractivity contribution in [1.82, 2.24) is 4.90 Å². The molecule has 0 aromatic carbocycles. The molecule has 0 saturated carbocycles. The molecule has 112 valence electrons. The predicted octanol–water partition coefficient (Wildman–Crippen LogP) is 4.14. The zero-order chi connectivity index (χ0) is 13.9. The van der Waals surface area contributed by atoms with E-state index in [1.54, 1.807) is 0 Å². The van der Waals surface area contributed by atoms with Crippen molar-refractivity contribution >= 4 is 0 Å². The number of nitrogens with zero attached hydrogens (tertiary/aromatic N) is 1. The molecule has 2 nitrogen and oxygen atoms in total. The van der Waals surface area contributed by atoms with Crippen LogP contribution in [0.4, 0.5) is 0 Å². The van der Waals surface area contributed by atoms with Gasteiger partial charge in [0.25, 0.3) is 0 Å². The van der Waals surface area contributed by atoms with Crippen LogP contribution >= 0.6 is 0 Å². The van der Waals surface area contributed by atoms with E-state index in [-0.39, 0.29) is 0 Å². The lowest BCUT2D eigenvalue weighted by Gasteiger charge is -2.35. The minimum absolute atomic E-state index is 0.351. The van der Waals surface area contributed by atoms with Gasteiger partial charge in [0.1, 0.15) is 0 Å². The molecule has 1 fully saturated rings. The molecule has 1 saturated heterocycles. The van der Waals surface area contributed by atoms with Crippen LogP contribution in [0.1, 0.15) is 71.6 Å². The van der Waals surface area contributed by atoms with Crippen molar-refractivity contribution in [2.45, 2.75) is 77.7 Å². The SMILES string of the molecule is CC(C)=CCCCCCCN1CCCCC1CCO. The van der Waals surface area contributed by atoms with Gasteiger partial charge in [-0.25, -0.2) is 0 Å². The number of aliphatic hydroxyl groups is 1. The summed E-state index contributed by atoms with van der Waals surface area (Å²) in [5.41, 5.74) is 1.44. The fourth-order valence-corrected chi connectivity index (χ4v) is 3.03. The standard InChI is InChI=1S/C17H33NO/c1-16(2)10-6-4-3-5-8-13-18-14-9-7-11-17(18)12-15-19/h10,17,19H,3-9,11-15H2,1-2H3. The van der Waals surface area contributed by atoms with E-state index in [4.69, 9.17) is 5.11 Å². The molecule has 1 rings (SSSR count). The van der Waals surface area contributed by atoms with E-state index in [1.807, 2.05) is 0 Å². The summed E-state index contributed by atoms with van der Waals surface area (Å²) in [5.74, 6) is 0. The lowest BCUT2D eigenvalue weighted by atomic mass is 9.99. The monoisotopic (exact) mass is 267 g/mol. The van der Waals surface area contributed by atoms with Crippen LogP contribution in [0.3, 0.4) is 0 Å². The second-order valence-corrected chi connectivity index (χ2v) is 6.18. The van der Waals surface area contributed by atoms with E-state index >= 15 is 0 Å². The topological polar surface area (TPSA) is 23.5 Å². The van der Waals surface area contributed by atoms with Gasteiger partial charge in [0.2, 0.25) is 0 Å². The van der Waals surface area contributed by atoms with E-state index in [2.05, 4.69) is 24.8 Å².